The highest BCUT2D eigenvalue weighted by atomic mass is 33.1. The first-order valence-electron chi connectivity index (χ1n) is 6.87. The zero-order chi connectivity index (χ0) is 13.8. The van der Waals surface area contributed by atoms with Crippen LogP contribution in [0.25, 0.3) is 0 Å². The third-order valence-electron chi connectivity index (χ3n) is 2.73. The van der Waals surface area contributed by atoms with Gasteiger partial charge >= 0.3 is 6.09 Å². The van der Waals surface area contributed by atoms with Gasteiger partial charge in [-0.3, -0.25) is 0 Å². The van der Waals surface area contributed by atoms with Gasteiger partial charge in [0.05, 0.1) is 0 Å². The second-order valence-corrected chi connectivity index (χ2v) is 7.07. The molecule has 0 saturated carbocycles. The maximum atomic E-state index is 11.6. The first-order valence-corrected chi connectivity index (χ1v) is 9.35. The summed E-state index contributed by atoms with van der Waals surface area (Å²) in [6, 6.07) is 0. The first kappa shape index (κ1) is 16.7. The number of amides is 1. The average molecular weight is 304 g/mol. The van der Waals surface area contributed by atoms with Gasteiger partial charge in [0.2, 0.25) is 0 Å². The van der Waals surface area contributed by atoms with Gasteiger partial charge in [0, 0.05) is 24.6 Å². The van der Waals surface area contributed by atoms with Crippen LogP contribution >= 0.6 is 21.6 Å². The van der Waals surface area contributed by atoms with Crippen LogP contribution in [0.15, 0.2) is 12.2 Å². The van der Waals surface area contributed by atoms with Crippen molar-refractivity contribution >= 4 is 27.7 Å². The molecule has 1 rings (SSSR count). The fourth-order valence-corrected chi connectivity index (χ4v) is 3.56. The van der Waals surface area contributed by atoms with Gasteiger partial charge in [0.15, 0.2) is 0 Å². The van der Waals surface area contributed by atoms with E-state index in [0.717, 1.165) is 43.6 Å². The lowest BCUT2D eigenvalue weighted by Crippen LogP contribution is -2.30. The largest absolute Gasteiger partial charge is 0.446 e. The average Bonchev–Trinajstić information content (AvgIpc) is 2.37. The molecule has 0 heterocycles. The molecule has 0 aromatic heterocycles. The van der Waals surface area contributed by atoms with E-state index in [1.165, 1.54) is 0 Å². The fourth-order valence-electron chi connectivity index (χ4n) is 1.80. The van der Waals surface area contributed by atoms with Gasteiger partial charge in [0.25, 0.3) is 0 Å². The number of nitrogens with two attached hydrogens (primary N) is 1. The minimum atomic E-state index is -0.279. The number of rotatable bonds is 7. The molecule has 0 fully saturated rings. The van der Waals surface area contributed by atoms with E-state index < -0.39 is 0 Å². The molecule has 3 N–H and O–H groups in total. The number of hydrogen-bond acceptors (Lipinski definition) is 5. The zero-order valence-corrected chi connectivity index (χ0v) is 12.9. The van der Waals surface area contributed by atoms with Crippen LogP contribution in [0.3, 0.4) is 0 Å². The molecule has 1 atom stereocenters. The van der Waals surface area contributed by atoms with Gasteiger partial charge < -0.3 is 15.8 Å². The molecule has 110 valence electrons. The van der Waals surface area contributed by atoms with Gasteiger partial charge in [-0.15, -0.1) is 0 Å². The van der Waals surface area contributed by atoms with Crippen LogP contribution in [-0.2, 0) is 4.74 Å². The monoisotopic (exact) mass is 304 g/mol. The number of ether oxygens (including phenoxy) is 1. The predicted octanol–water partition coefficient (Wildman–Crippen LogP) is 2.94. The van der Waals surface area contributed by atoms with E-state index in [0.29, 0.717) is 13.1 Å². The fraction of sp³-hybridized carbons (Fsp3) is 0.769. The molecule has 0 spiro atoms. The van der Waals surface area contributed by atoms with Gasteiger partial charge in [-0.1, -0.05) is 33.7 Å². The lowest BCUT2D eigenvalue weighted by Gasteiger charge is -2.18. The van der Waals surface area contributed by atoms with Crippen molar-refractivity contribution in [2.24, 2.45) is 5.73 Å². The third kappa shape index (κ3) is 9.24. The molecule has 0 saturated heterocycles. The van der Waals surface area contributed by atoms with E-state index in [4.69, 9.17) is 10.5 Å². The minimum absolute atomic E-state index is 0.0734. The van der Waals surface area contributed by atoms with Crippen LogP contribution in [0.4, 0.5) is 4.79 Å². The van der Waals surface area contributed by atoms with E-state index in [2.05, 4.69) is 17.5 Å². The highest BCUT2D eigenvalue weighted by Crippen LogP contribution is 2.19. The van der Waals surface area contributed by atoms with Gasteiger partial charge in [-0.05, 0) is 32.1 Å². The quantitative estimate of drug-likeness (QED) is 0.430. The lowest BCUT2D eigenvalue weighted by molar-refractivity contribution is 0.0869. The predicted molar refractivity (Wildman–Crippen MR) is 84.5 cm³/mol. The van der Waals surface area contributed by atoms with Crippen molar-refractivity contribution in [1.29, 1.82) is 0 Å². The molecule has 0 radical (unpaired) electrons. The van der Waals surface area contributed by atoms with Crippen LogP contribution in [0, 0.1) is 0 Å². The minimum Gasteiger partial charge on any atom is -0.446 e. The van der Waals surface area contributed by atoms with Crippen molar-refractivity contribution in [2.45, 2.75) is 38.2 Å². The smallest absolute Gasteiger partial charge is 0.407 e. The van der Waals surface area contributed by atoms with E-state index in [1.807, 2.05) is 0 Å². The Bertz CT molecular complexity index is 275. The molecule has 4 nitrogen and oxygen atoms in total. The van der Waals surface area contributed by atoms with Crippen molar-refractivity contribution in [2.75, 3.05) is 24.6 Å². The van der Waals surface area contributed by atoms with E-state index in [1.54, 1.807) is 21.6 Å². The Morgan fingerprint density at radius 1 is 1.26 bits per heavy atom. The van der Waals surface area contributed by atoms with Crippen LogP contribution in [-0.4, -0.2) is 36.8 Å². The van der Waals surface area contributed by atoms with Crippen molar-refractivity contribution in [1.82, 2.24) is 5.32 Å². The Morgan fingerprint density at radius 2 is 2.05 bits per heavy atom. The van der Waals surface area contributed by atoms with Crippen LogP contribution in [0.5, 0.6) is 0 Å². The summed E-state index contributed by atoms with van der Waals surface area (Å²) < 4.78 is 5.43. The number of alkyl carbamates (subject to hydrolysis) is 1. The summed E-state index contributed by atoms with van der Waals surface area (Å²) in [6.07, 6.45) is 9.29. The number of carbonyl (C=O) groups excluding carboxylic acids is 1. The third-order valence-corrected chi connectivity index (χ3v) is 5.17. The molecule has 6 heteroatoms. The highest BCUT2D eigenvalue weighted by Gasteiger charge is 2.14. The molecule has 1 unspecified atom stereocenters. The molecule has 0 aromatic rings. The summed E-state index contributed by atoms with van der Waals surface area (Å²) in [5.74, 6) is 1.83. The SMILES string of the molecule is NCCSSCCNC(=O)OC1CCC=CCCC1. The number of nitrogens with one attached hydrogen (secondary N) is 1. The molecule has 19 heavy (non-hydrogen) atoms. The Balaban J connectivity index is 2.04. The molecular weight excluding hydrogens is 280 g/mol. The topological polar surface area (TPSA) is 64.3 Å². The van der Waals surface area contributed by atoms with Crippen molar-refractivity contribution in [3.05, 3.63) is 12.2 Å². The maximum absolute atomic E-state index is 11.6. The van der Waals surface area contributed by atoms with Gasteiger partial charge in [-0.2, -0.15) is 0 Å². The van der Waals surface area contributed by atoms with Crippen molar-refractivity contribution in [3.63, 3.8) is 0 Å². The summed E-state index contributed by atoms with van der Waals surface area (Å²) >= 11 is 0. The Labute approximate surface area is 123 Å². The van der Waals surface area contributed by atoms with Gasteiger partial charge in [0.1, 0.15) is 6.10 Å². The number of allylic oxidation sites excluding steroid dienone is 2. The van der Waals surface area contributed by atoms with Crippen molar-refractivity contribution in [3.8, 4) is 0 Å². The Kier molecular flexibility index (Phi) is 10.1. The second-order valence-electron chi connectivity index (χ2n) is 4.37. The van der Waals surface area contributed by atoms with Gasteiger partial charge in [-0.25, -0.2) is 4.79 Å². The maximum Gasteiger partial charge on any atom is 0.407 e. The summed E-state index contributed by atoms with van der Waals surface area (Å²) in [5, 5.41) is 2.80. The summed E-state index contributed by atoms with van der Waals surface area (Å²) in [7, 11) is 3.47. The molecule has 0 bridgehead atoms. The molecule has 1 amide bonds. The lowest BCUT2D eigenvalue weighted by atomic mass is 10.0. The van der Waals surface area contributed by atoms with E-state index >= 15 is 0 Å². The Morgan fingerprint density at radius 3 is 2.89 bits per heavy atom. The van der Waals surface area contributed by atoms with Crippen molar-refractivity contribution < 1.29 is 9.53 Å². The highest BCUT2D eigenvalue weighted by molar-refractivity contribution is 8.76. The first-order chi connectivity index (χ1) is 9.33. The number of hydrogen-bond donors (Lipinski definition) is 2. The second kappa shape index (κ2) is 11.5. The Hall–Kier alpha value is -0.330. The van der Waals surface area contributed by atoms with Crippen LogP contribution < -0.4 is 11.1 Å². The molecule has 1 aliphatic carbocycles. The van der Waals surface area contributed by atoms with Crippen LogP contribution in [0.1, 0.15) is 32.1 Å². The molecular formula is C13H24N2O2S2. The van der Waals surface area contributed by atoms with Crippen LogP contribution in [0.2, 0.25) is 0 Å². The number of carbonyl (C=O) groups is 1. The summed E-state index contributed by atoms with van der Waals surface area (Å²) in [4.78, 5) is 11.6. The van der Waals surface area contributed by atoms with E-state index in [-0.39, 0.29) is 12.2 Å². The summed E-state index contributed by atoms with van der Waals surface area (Å²) in [6.45, 7) is 1.34. The molecule has 0 aliphatic heterocycles. The standard InChI is InChI=1S/C13H24N2O2S2/c14-8-10-18-19-11-9-15-13(16)17-12-6-4-2-1-3-5-7-12/h1-2,12H,3-11,14H2,(H,15,16). The molecule has 1 aliphatic rings. The summed E-state index contributed by atoms with van der Waals surface area (Å²) in [5.41, 5.74) is 5.39. The normalized spacial score (nSPS) is 19.5. The van der Waals surface area contributed by atoms with E-state index in [9.17, 15) is 4.79 Å². The molecule has 0 aromatic carbocycles. The zero-order valence-electron chi connectivity index (χ0n) is 11.3.